The Labute approximate surface area is 222 Å². The SMILES string of the molecule is CCCCC[C@H]1CC[C@H]([C@H]2CC[C@H](c3ccc(C(F)(F)Oc4ccc(C(F)(F)F)c(F)c4)cc3)CC2)CC1. The van der Waals surface area contributed by atoms with Gasteiger partial charge in [-0.3, -0.25) is 0 Å². The Bertz CT molecular complexity index is 1020. The molecule has 210 valence electrons. The molecule has 0 bridgehead atoms. The maximum atomic E-state index is 14.7. The van der Waals surface area contributed by atoms with Crippen molar-refractivity contribution in [1.29, 1.82) is 0 Å². The lowest BCUT2D eigenvalue weighted by Crippen LogP contribution is -2.25. The first-order chi connectivity index (χ1) is 18.1. The standard InChI is InChI=1S/C31H38F6O/c1-2-3-4-5-21-6-8-22(9-7-21)23-10-12-24(13-11-23)25-14-16-26(17-15-25)31(36,37)38-27-18-19-28(29(32)20-27)30(33,34)35/h14-24H,2-13H2,1H3/t21-,22-,23-,24-. The third kappa shape index (κ3) is 7.26. The van der Waals surface area contributed by atoms with E-state index in [-0.39, 0.29) is 0 Å². The highest BCUT2D eigenvalue weighted by Crippen LogP contribution is 2.45. The highest BCUT2D eigenvalue weighted by Gasteiger charge is 2.38. The van der Waals surface area contributed by atoms with Crippen LogP contribution in [0.15, 0.2) is 42.5 Å². The summed E-state index contributed by atoms with van der Waals surface area (Å²) in [7, 11) is 0. The third-order valence-electron chi connectivity index (χ3n) is 8.76. The summed E-state index contributed by atoms with van der Waals surface area (Å²) >= 11 is 0. The molecule has 38 heavy (non-hydrogen) atoms. The molecule has 2 aliphatic carbocycles. The van der Waals surface area contributed by atoms with Crippen LogP contribution in [0, 0.1) is 23.6 Å². The van der Waals surface area contributed by atoms with Crippen LogP contribution in [0.5, 0.6) is 5.75 Å². The van der Waals surface area contributed by atoms with E-state index in [1.54, 1.807) is 12.1 Å². The summed E-state index contributed by atoms with van der Waals surface area (Å²) in [5.74, 6) is 0.516. The number of alkyl halides is 5. The topological polar surface area (TPSA) is 9.23 Å². The van der Waals surface area contributed by atoms with Gasteiger partial charge in [0.1, 0.15) is 11.6 Å². The number of rotatable bonds is 9. The first kappa shape index (κ1) is 28.8. The fourth-order valence-electron chi connectivity index (χ4n) is 6.50. The minimum Gasteiger partial charge on any atom is -0.429 e. The molecule has 4 rings (SSSR count). The fourth-order valence-corrected chi connectivity index (χ4v) is 6.50. The van der Waals surface area contributed by atoms with Crippen LogP contribution in [0.4, 0.5) is 26.3 Å². The summed E-state index contributed by atoms with van der Waals surface area (Å²) in [5, 5.41) is 0. The van der Waals surface area contributed by atoms with Gasteiger partial charge in [0, 0.05) is 6.07 Å². The number of hydrogen-bond acceptors (Lipinski definition) is 1. The van der Waals surface area contributed by atoms with Gasteiger partial charge in [0.15, 0.2) is 0 Å². The smallest absolute Gasteiger partial charge is 0.426 e. The minimum absolute atomic E-state index is 0.336. The second-order valence-corrected chi connectivity index (χ2v) is 11.3. The summed E-state index contributed by atoms with van der Waals surface area (Å²) < 4.78 is 85.9. The van der Waals surface area contributed by atoms with Gasteiger partial charge in [-0.05, 0) is 92.0 Å². The molecule has 2 fully saturated rings. The summed E-state index contributed by atoms with van der Waals surface area (Å²) in [5.41, 5.74) is -0.934. The molecule has 0 heterocycles. The van der Waals surface area contributed by atoms with Crippen LogP contribution in [0.25, 0.3) is 0 Å². The fraction of sp³-hybridized carbons (Fsp3) is 0.613. The van der Waals surface area contributed by atoms with Crippen LogP contribution in [-0.4, -0.2) is 0 Å². The molecule has 2 aliphatic rings. The van der Waals surface area contributed by atoms with E-state index in [1.807, 2.05) is 0 Å². The summed E-state index contributed by atoms with van der Waals surface area (Å²) in [4.78, 5) is 0. The van der Waals surface area contributed by atoms with Crippen molar-refractivity contribution in [2.45, 2.75) is 102 Å². The van der Waals surface area contributed by atoms with E-state index in [2.05, 4.69) is 11.7 Å². The molecule has 0 aliphatic heterocycles. The van der Waals surface area contributed by atoms with E-state index in [4.69, 9.17) is 0 Å². The largest absolute Gasteiger partial charge is 0.429 e. The Morgan fingerprint density at radius 1 is 0.763 bits per heavy atom. The summed E-state index contributed by atoms with van der Waals surface area (Å²) in [6.07, 6.45) is 6.54. The van der Waals surface area contributed by atoms with E-state index in [0.29, 0.717) is 24.1 Å². The molecule has 0 spiro atoms. The maximum absolute atomic E-state index is 14.7. The molecule has 0 N–H and O–H groups in total. The number of ether oxygens (including phenoxy) is 1. The van der Waals surface area contributed by atoms with Crippen molar-refractivity contribution in [2.75, 3.05) is 0 Å². The van der Waals surface area contributed by atoms with Gasteiger partial charge in [-0.2, -0.15) is 22.0 Å². The first-order valence-corrected chi connectivity index (χ1v) is 14.1. The number of unbranched alkanes of at least 4 members (excludes halogenated alkanes) is 2. The van der Waals surface area contributed by atoms with E-state index in [9.17, 15) is 26.3 Å². The molecule has 0 radical (unpaired) electrons. The molecule has 0 saturated heterocycles. The molecule has 7 heteroatoms. The Balaban J connectivity index is 1.28. The molecule has 0 unspecified atom stereocenters. The van der Waals surface area contributed by atoms with Gasteiger partial charge >= 0.3 is 12.3 Å². The molecule has 0 aromatic heterocycles. The first-order valence-electron chi connectivity index (χ1n) is 14.1. The predicted molar refractivity (Wildman–Crippen MR) is 137 cm³/mol. The molecular weight excluding hydrogens is 502 g/mol. The zero-order chi connectivity index (χ0) is 27.3. The zero-order valence-corrected chi connectivity index (χ0v) is 22.0. The van der Waals surface area contributed by atoms with E-state index in [0.717, 1.165) is 36.2 Å². The predicted octanol–water partition coefficient (Wildman–Crippen LogP) is 10.6. The van der Waals surface area contributed by atoms with Gasteiger partial charge < -0.3 is 4.74 Å². The van der Waals surface area contributed by atoms with Crippen molar-refractivity contribution in [2.24, 2.45) is 17.8 Å². The van der Waals surface area contributed by atoms with Crippen LogP contribution in [0.1, 0.15) is 107 Å². The summed E-state index contributed by atoms with van der Waals surface area (Å²) in [6, 6.07) is 7.40. The molecule has 2 aromatic rings. The third-order valence-corrected chi connectivity index (χ3v) is 8.76. The highest BCUT2D eigenvalue weighted by molar-refractivity contribution is 5.33. The Morgan fingerprint density at radius 2 is 1.37 bits per heavy atom. The van der Waals surface area contributed by atoms with Crippen LogP contribution in [0.2, 0.25) is 0 Å². The quantitative estimate of drug-likeness (QED) is 0.227. The molecule has 0 atom stereocenters. The number of halogens is 6. The average molecular weight is 541 g/mol. The van der Waals surface area contributed by atoms with Gasteiger partial charge in [-0.15, -0.1) is 0 Å². The zero-order valence-electron chi connectivity index (χ0n) is 22.0. The monoisotopic (exact) mass is 540 g/mol. The normalized spacial score (nSPS) is 24.8. The molecule has 2 aromatic carbocycles. The Kier molecular flexibility index (Phi) is 9.36. The van der Waals surface area contributed by atoms with E-state index in [1.165, 1.54) is 76.3 Å². The Hall–Kier alpha value is -2.18. The average Bonchev–Trinajstić information content (AvgIpc) is 2.88. The molecule has 1 nitrogen and oxygen atoms in total. The lowest BCUT2D eigenvalue weighted by Gasteiger charge is -2.38. The molecule has 2 saturated carbocycles. The van der Waals surface area contributed by atoms with Crippen LogP contribution < -0.4 is 4.74 Å². The maximum Gasteiger partial charge on any atom is 0.426 e. The number of hydrogen-bond donors (Lipinski definition) is 0. The second-order valence-electron chi connectivity index (χ2n) is 11.3. The van der Waals surface area contributed by atoms with E-state index < -0.39 is 35.0 Å². The van der Waals surface area contributed by atoms with Gasteiger partial charge in [0.2, 0.25) is 0 Å². The van der Waals surface area contributed by atoms with Crippen molar-refractivity contribution in [1.82, 2.24) is 0 Å². The van der Waals surface area contributed by atoms with Crippen molar-refractivity contribution in [3.8, 4) is 5.75 Å². The van der Waals surface area contributed by atoms with Gasteiger partial charge in [-0.1, -0.05) is 57.6 Å². The van der Waals surface area contributed by atoms with Crippen LogP contribution >= 0.6 is 0 Å². The minimum atomic E-state index is -4.91. The van der Waals surface area contributed by atoms with Crippen molar-refractivity contribution < 1.29 is 31.1 Å². The lowest BCUT2D eigenvalue weighted by atomic mass is 9.68. The van der Waals surface area contributed by atoms with Crippen molar-refractivity contribution in [3.05, 3.63) is 65.0 Å². The second kappa shape index (κ2) is 12.3. The van der Waals surface area contributed by atoms with Crippen molar-refractivity contribution >= 4 is 0 Å². The Morgan fingerprint density at radius 3 is 1.92 bits per heavy atom. The molecular formula is C31H38F6O. The highest BCUT2D eigenvalue weighted by atomic mass is 19.4. The molecule has 0 amide bonds. The van der Waals surface area contributed by atoms with E-state index >= 15 is 0 Å². The van der Waals surface area contributed by atoms with Gasteiger partial charge in [0.25, 0.3) is 0 Å². The summed E-state index contributed by atoms with van der Waals surface area (Å²) in [6.45, 7) is 2.25. The van der Waals surface area contributed by atoms with Gasteiger partial charge in [0.05, 0.1) is 11.1 Å². The van der Waals surface area contributed by atoms with Gasteiger partial charge in [-0.25, -0.2) is 4.39 Å². The lowest BCUT2D eigenvalue weighted by molar-refractivity contribution is -0.185. The van der Waals surface area contributed by atoms with Crippen LogP contribution in [-0.2, 0) is 12.3 Å². The number of benzene rings is 2. The van der Waals surface area contributed by atoms with Crippen molar-refractivity contribution in [3.63, 3.8) is 0 Å². The van der Waals surface area contributed by atoms with Crippen LogP contribution in [0.3, 0.4) is 0 Å².